The average molecular weight is 341 g/mol. The summed E-state index contributed by atoms with van der Waals surface area (Å²) in [6, 6.07) is 11.2. The maximum Gasteiger partial charge on any atom is 0.261 e. The van der Waals surface area contributed by atoms with Crippen molar-refractivity contribution in [2.24, 2.45) is 5.73 Å². The fourth-order valence-electron chi connectivity index (χ4n) is 1.72. The highest BCUT2D eigenvalue weighted by Crippen LogP contribution is 2.23. The van der Waals surface area contributed by atoms with E-state index in [1.807, 2.05) is 0 Å². The van der Waals surface area contributed by atoms with Crippen LogP contribution in [-0.2, 0) is 10.0 Å². The maximum atomic E-state index is 12.4. The minimum atomic E-state index is -3.73. The molecule has 2 rings (SSSR count). The summed E-state index contributed by atoms with van der Waals surface area (Å²) in [5.41, 5.74) is 7.22. The van der Waals surface area contributed by atoms with Gasteiger partial charge in [-0.1, -0.05) is 42.0 Å². The first-order valence-electron chi connectivity index (χ1n) is 5.98. The van der Waals surface area contributed by atoms with E-state index < -0.39 is 10.0 Å². The highest BCUT2D eigenvalue weighted by atomic mass is 35.5. The third-order valence-corrected chi connectivity index (χ3v) is 4.71. The predicted molar refractivity (Wildman–Crippen MR) is 89.3 cm³/mol. The number of halogens is 1. The molecule has 0 saturated heterocycles. The summed E-state index contributed by atoms with van der Waals surface area (Å²) in [5, 5.41) is 0.454. The van der Waals surface area contributed by atoms with Crippen LogP contribution in [0.5, 0.6) is 0 Å². The van der Waals surface area contributed by atoms with E-state index in [4.69, 9.17) is 29.6 Å². The molecule has 0 aliphatic carbocycles. The van der Waals surface area contributed by atoms with Crippen LogP contribution in [0.25, 0.3) is 0 Å². The van der Waals surface area contributed by atoms with Gasteiger partial charge in [0, 0.05) is 10.6 Å². The van der Waals surface area contributed by atoms with Crippen LogP contribution < -0.4 is 10.5 Å². The molecule has 2 aromatic rings. The standard InChI is InChI=1S/C14H13ClN2O2S2/c1-9-5-6-11(15)8-13(9)17-21(18,19)12-4-2-3-10(7-12)14(16)20/h2-8,17H,1H3,(H2,16,20). The summed E-state index contributed by atoms with van der Waals surface area (Å²) in [7, 11) is -3.73. The molecule has 0 amide bonds. The molecule has 0 radical (unpaired) electrons. The third kappa shape index (κ3) is 3.72. The van der Waals surface area contributed by atoms with E-state index in [-0.39, 0.29) is 9.88 Å². The number of rotatable bonds is 4. The van der Waals surface area contributed by atoms with Crippen molar-refractivity contribution in [3.8, 4) is 0 Å². The molecule has 0 saturated carbocycles. The molecule has 0 aliphatic heterocycles. The Kier molecular flexibility index (Phi) is 4.51. The molecule has 0 fully saturated rings. The molecule has 0 bridgehead atoms. The first kappa shape index (κ1) is 15.8. The van der Waals surface area contributed by atoms with Crippen LogP contribution in [0, 0.1) is 6.92 Å². The Morgan fingerprint density at radius 3 is 2.62 bits per heavy atom. The normalized spacial score (nSPS) is 11.1. The van der Waals surface area contributed by atoms with Gasteiger partial charge in [-0.05, 0) is 36.8 Å². The van der Waals surface area contributed by atoms with Crippen molar-refractivity contribution in [3.05, 3.63) is 58.6 Å². The molecule has 0 spiro atoms. The van der Waals surface area contributed by atoms with Gasteiger partial charge in [0.25, 0.3) is 10.0 Å². The molecular formula is C14H13ClN2O2S2. The fraction of sp³-hybridized carbons (Fsp3) is 0.0714. The van der Waals surface area contributed by atoms with Crippen molar-refractivity contribution in [2.75, 3.05) is 4.72 Å². The van der Waals surface area contributed by atoms with E-state index in [1.165, 1.54) is 12.1 Å². The van der Waals surface area contributed by atoms with Gasteiger partial charge in [-0.3, -0.25) is 4.72 Å². The number of nitrogens with two attached hydrogens (primary N) is 1. The van der Waals surface area contributed by atoms with E-state index in [1.54, 1.807) is 37.3 Å². The Labute approximate surface area is 134 Å². The lowest BCUT2D eigenvalue weighted by atomic mass is 10.2. The quantitative estimate of drug-likeness (QED) is 0.839. The number of anilines is 1. The van der Waals surface area contributed by atoms with Crippen molar-refractivity contribution in [1.82, 2.24) is 0 Å². The van der Waals surface area contributed by atoms with Crippen LogP contribution in [0.2, 0.25) is 5.02 Å². The van der Waals surface area contributed by atoms with Gasteiger partial charge in [0.05, 0.1) is 10.6 Å². The number of aryl methyl sites for hydroxylation is 1. The topological polar surface area (TPSA) is 72.2 Å². The summed E-state index contributed by atoms with van der Waals surface area (Å²) in [5.74, 6) is 0. The zero-order chi connectivity index (χ0) is 15.6. The Hall–Kier alpha value is -1.63. The highest BCUT2D eigenvalue weighted by Gasteiger charge is 2.16. The van der Waals surface area contributed by atoms with Crippen LogP contribution in [0.3, 0.4) is 0 Å². The van der Waals surface area contributed by atoms with Gasteiger partial charge in [0.1, 0.15) is 4.99 Å². The lowest BCUT2D eigenvalue weighted by molar-refractivity contribution is 0.601. The predicted octanol–water partition coefficient (Wildman–Crippen LogP) is 3.08. The Bertz CT molecular complexity index is 804. The summed E-state index contributed by atoms with van der Waals surface area (Å²) >= 11 is 10.7. The number of thiocarbonyl (C=S) groups is 1. The third-order valence-electron chi connectivity index (χ3n) is 2.87. The van der Waals surface area contributed by atoms with Crippen molar-refractivity contribution >= 4 is 44.5 Å². The minimum Gasteiger partial charge on any atom is -0.389 e. The molecule has 0 aromatic heterocycles. The SMILES string of the molecule is Cc1ccc(Cl)cc1NS(=O)(=O)c1cccc(C(N)=S)c1. The molecular weight excluding hydrogens is 328 g/mol. The molecule has 21 heavy (non-hydrogen) atoms. The van der Waals surface area contributed by atoms with E-state index >= 15 is 0 Å². The first-order chi connectivity index (χ1) is 9.79. The lowest BCUT2D eigenvalue weighted by Crippen LogP contribution is -2.15. The molecule has 3 N–H and O–H groups in total. The van der Waals surface area contributed by atoms with Gasteiger partial charge >= 0.3 is 0 Å². The van der Waals surface area contributed by atoms with Gasteiger partial charge < -0.3 is 5.73 Å². The second-order valence-corrected chi connectivity index (χ2v) is 7.02. The highest BCUT2D eigenvalue weighted by molar-refractivity contribution is 7.92. The number of benzene rings is 2. The molecule has 0 atom stereocenters. The molecule has 0 heterocycles. The zero-order valence-electron chi connectivity index (χ0n) is 11.1. The van der Waals surface area contributed by atoms with Gasteiger partial charge in [-0.25, -0.2) is 8.42 Å². The second kappa shape index (κ2) is 6.01. The molecule has 7 heteroatoms. The van der Waals surface area contributed by atoms with Crippen molar-refractivity contribution in [1.29, 1.82) is 0 Å². The number of sulfonamides is 1. The summed E-state index contributed by atoms with van der Waals surface area (Å²) in [6.07, 6.45) is 0. The summed E-state index contributed by atoms with van der Waals surface area (Å²) in [4.78, 5) is 0.234. The largest absolute Gasteiger partial charge is 0.389 e. The number of hydrogen-bond donors (Lipinski definition) is 2. The van der Waals surface area contributed by atoms with E-state index in [0.717, 1.165) is 5.56 Å². The molecule has 4 nitrogen and oxygen atoms in total. The molecule has 0 aliphatic rings. The monoisotopic (exact) mass is 340 g/mol. The van der Waals surface area contributed by atoms with E-state index in [0.29, 0.717) is 16.3 Å². The van der Waals surface area contributed by atoms with E-state index in [9.17, 15) is 8.42 Å². The Morgan fingerprint density at radius 1 is 1.24 bits per heavy atom. The molecule has 2 aromatic carbocycles. The van der Waals surface area contributed by atoms with Crippen LogP contribution in [-0.4, -0.2) is 13.4 Å². The smallest absolute Gasteiger partial charge is 0.261 e. The Morgan fingerprint density at radius 2 is 1.95 bits per heavy atom. The molecule has 0 unspecified atom stereocenters. The second-order valence-electron chi connectivity index (χ2n) is 4.46. The Balaban J connectivity index is 2.41. The summed E-state index contributed by atoms with van der Waals surface area (Å²) < 4.78 is 27.3. The minimum absolute atomic E-state index is 0.0900. The average Bonchev–Trinajstić information content (AvgIpc) is 2.43. The van der Waals surface area contributed by atoms with Crippen molar-refractivity contribution in [2.45, 2.75) is 11.8 Å². The van der Waals surface area contributed by atoms with Gasteiger partial charge in [0.15, 0.2) is 0 Å². The van der Waals surface area contributed by atoms with Crippen LogP contribution in [0.15, 0.2) is 47.4 Å². The lowest BCUT2D eigenvalue weighted by Gasteiger charge is -2.11. The fourth-order valence-corrected chi connectivity index (χ4v) is 3.19. The number of nitrogens with one attached hydrogen (secondary N) is 1. The van der Waals surface area contributed by atoms with Crippen LogP contribution >= 0.6 is 23.8 Å². The van der Waals surface area contributed by atoms with E-state index in [2.05, 4.69) is 4.72 Å². The van der Waals surface area contributed by atoms with Crippen molar-refractivity contribution < 1.29 is 8.42 Å². The van der Waals surface area contributed by atoms with Crippen LogP contribution in [0.1, 0.15) is 11.1 Å². The zero-order valence-corrected chi connectivity index (χ0v) is 13.5. The maximum absolute atomic E-state index is 12.4. The van der Waals surface area contributed by atoms with Gasteiger partial charge in [-0.15, -0.1) is 0 Å². The summed E-state index contributed by atoms with van der Waals surface area (Å²) in [6.45, 7) is 1.79. The number of hydrogen-bond acceptors (Lipinski definition) is 3. The molecule has 110 valence electrons. The van der Waals surface area contributed by atoms with Crippen molar-refractivity contribution in [3.63, 3.8) is 0 Å². The van der Waals surface area contributed by atoms with Crippen LogP contribution in [0.4, 0.5) is 5.69 Å². The first-order valence-corrected chi connectivity index (χ1v) is 8.25. The van der Waals surface area contributed by atoms with Gasteiger partial charge in [-0.2, -0.15) is 0 Å². The van der Waals surface area contributed by atoms with Gasteiger partial charge in [0.2, 0.25) is 0 Å².